The van der Waals surface area contributed by atoms with E-state index in [9.17, 15) is 9.59 Å². The number of carbonyl (C=O) groups excluding carboxylic acids is 1. The Morgan fingerprint density at radius 2 is 1.91 bits per heavy atom. The van der Waals surface area contributed by atoms with Crippen LogP contribution in [-0.4, -0.2) is 34.9 Å². The van der Waals surface area contributed by atoms with Gasteiger partial charge in [0.2, 0.25) is 0 Å². The molecule has 1 aromatic carbocycles. The summed E-state index contributed by atoms with van der Waals surface area (Å²) >= 11 is 5.14. The molecule has 0 fully saturated rings. The van der Waals surface area contributed by atoms with Crippen LogP contribution in [0.3, 0.4) is 0 Å². The first-order chi connectivity index (χ1) is 14.9. The molecular weight excluding hydrogens is 426 g/mol. The Morgan fingerprint density at radius 3 is 2.44 bits per heavy atom. The zero-order valence-corrected chi connectivity index (χ0v) is 21.0. The van der Waals surface area contributed by atoms with E-state index in [4.69, 9.17) is 27.4 Å². The molecule has 1 heterocycles. The van der Waals surface area contributed by atoms with Gasteiger partial charge in [-0.15, -0.1) is 0 Å². The third kappa shape index (κ3) is 6.00. The lowest BCUT2D eigenvalue weighted by atomic mass is 10.1. The van der Waals surface area contributed by atoms with Crippen LogP contribution in [0.4, 0.5) is 10.6 Å². The topological polar surface area (TPSA) is 86.8 Å². The van der Waals surface area contributed by atoms with Crippen molar-refractivity contribution in [3.8, 4) is 5.75 Å². The molecule has 0 aliphatic rings. The van der Waals surface area contributed by atoms with Gasteiger partial charge in [0.05, 0.1) is 12.0 Å². The molecule has 0 saturated heterocycles. The summed E-state index contributed by atoms with van der Waals surface area (Å²) in [7, 11) is 1.59. The van der Waals surface area contributed by atoms with Gasteiger partial charge in [-0.05, 0) is 45.2 Å². The number of hydrogen-bond donors (Lipinski definition) is 1. The zero-order valence-electron chi connectivity index (χ0n) is 20.2. The molecular formula is C24H35N3O4S. The summed E-state index contributed by atoms with van der Waals surface area (Å²) in [6.45, 7) is 12.4. The molecule has 2 rings (SSSR count). The number of nitrogens with two attached hydrogens (primary N) is 1. The summed E-state index contributed by atoms with van der Waals surface area (Å²) in [4.78, 5) is 28.1. The van der Waals surface area contributed by atoms with Gasteiger partial charge in [-0.2, -0.15) is 0 Å². The Labute approximate surface area is 195 Å². The highest BCUT2D eigenvalue weighted by atomic mass is 32.1. The van der Waals surface area contributed by atoms with Gasteiger partial charge in [-0.3, -0.25) is 14.3 Å². The van der Waals surface area contributed by atoms with Gasteiger partial charge in [0.25, 0.3) is 5.56 Å². The van der Waals surface area contributed by atoms with Crippen molar-refractivity contribution < 1.29 is 14.3 Å². The maximum atomic E-state index is 13.5. The number of amides is 1. The number of anilines is 1. The zero-order chi connectivity index (χ0) is 24.2. The number of hydrogen-bond acceptors (Lipinski definition) is 5. The normalized spacial score (nSPS) is 11.6. The first kappa shape index (κ1) is 25.6. The second-order valence-corrected chi connectivity index (χ2v) is 9.77. The van der Waals surface area contributed by atoms with Crippen LogP contribution in [0.25, 0.3) is 10.8 Å². The van der Waals surface area contributed by atoms with E-state index in [0.29, 0.717) is 41.1 Å². The van der Waals surface area contributed by atoms with Crippen molar-refractivity contribution in [1.29, 1.82) is 0 Å². The lowest BCUT2D eigenvalue weighted by Crippen LogP contribution is -2.38. The van der Waals surface area contributed by atoms with Crippen LogP contribution in [0, 0.1) is 5.92 Å². The maximum absolute atomic E-state index is 13.5. The molecule has 0 spiro atoms. The van der Waals surface area contributed by atoms with Crippen LogP contribution in [0.1, 0.15) is 59.9 Å². The fourth-order valence-corrected chi connectivity index (χ4v) is 3.43. The number of benzene rings is 1. The molecule has 0 bridgehead atoms. The minimum atomic E-state index is -0.687. The molecule has 7 nitrogen and oxygen atoms in total. The van der Waals surface area contributed by atoms with Gasteiger partial charge < -0.3 is 15.2 Å². The number of aromatic nitrogens is 1. The van der Waals surface area contributed by atoms with E-state index in [2.05, 4.69) is 6.92 Å². The smallest absolute Gasteiger partial charge is 0.415 e. The van der Waals surface area contributed by atoms with Gasteiger partial charge in [-0.25, -0.2) is 4.79 Å². The molecule has 2 aromatic rings. The molecule has 1 aromatic heterocycles. The van der Waals surface area contributed by atoms with Gasteiger partial charge in [-0.1, -0.05) is 45.5 Å². The number of fused-ring (bicyclic) bond motifs is 1. The molecule has 0 aliphatic carbocycles. The van der Waals surface area contributed by atoms with E-state index >= 15 is 0 Å². The molecule has 1 amide bonds. The van der Waals surface area contributed by atoms with Crippen molar-refractivity contribution in [2.75, 3.05) is 18.6 Å². The molecule has 0 saturated carbocycles. The molecule has 8 heteroatoms. The highest BCUT2D eigenvalue weighted by Crippen LogP contribution is 2.36. The third-order valence-corrected chi connectivity index (χ3v) is 5.00. The predicted octanol–water partition coefficient (Wildman–Crippen LogP) is 4.84. The second-order valence-electron chi connectivity index (χ2n) is 9.33. The first-order valence-corrected chi connectivity index (χ1v) is 11.4. The minimum Gasteiger partial charge on any atom is -0.489 e. The molecule has 0 radical (unpaired) electrons. The van der Waals surface area contributed by atoms with Crippen molar-refractivity contribution >= 4 is 39.9 Å². The average Bonchev–Trinajstić information content (AvgIpc) is 2.68. The van der Waals surface area contributed by atoms with Crippen LogP contribution in [0.15, 0.2) is 23.0 Å². The van der Waals surface area contributed by atoms with E-state index in [1.165, 1.54) is 4.90 Å². The monoisotopic (exact) mass is 461 g/mol. The van der Waals surface area contributed by atoms with Crippen LogP contribution in [-0.2, 0) is 11.3 Å². The van der Waals surface area contributed by atoms with Crippen molar-refractivity contribution in [3.05, 3.63) is 34.1 Å². The van der Waals surface area contributed by atoms with E-state index in [0.717, 1.165) is 12.8 Å². The van der Waals surface area contributed by atoms with Gasteiger partial charge in [0.1, 0.15) is 10.6 Å². The third-order valence-electron chi connectivity index (χ3n) is 4.76. The fourth-order valence-electron chi connectivity index (χ4n) is 3.30. The Kier molecular flexibility index (Phi) is 8.29. The van der Waals surface area contributed by atoms with Gasteiger partial charge >= 0.3 is 6.09 Å². The van der Waals surface area contributed by atoms with E-state index < -0.39 is 11.7 Å². The van der Waals surface area contributed by atoms with Crippen LogP contribution in [0.2, 0.25) is 0 Å². The van der Waals surface area contributed by atoms with Crippen LogP contribution in [0.5, 0.6) is 5.75 Å². The lowest BCUT2D eigenvalue weighted by molar-refractivity contribution is 0.0585. The molecule has 0 unspecified atom stereocenters. The molecule has 32 heavy (non-hydrogen) atoms. The largest absolute Gasteiger partial charge is 0.489 e. The second kappa shape index (κ2) is 10.3. The molecule has 0 aliphatic heterocycles. The summed E-state index contributed by atoms with van der Waals surface area (Å²) in [6.07, 6.45) is 1.20. The van der Waals surface area contributed by atoms with Crippen LogP contribution < -0.4 is 20.9 Å². The van der Waals surface area contributed by atoms with Crippen molar-refractivity contribution in [2.45, 2.75) is 66.5 Å². The number of nitrogens with zero attached hydrogens (tertiary/aromatic N) is 2. The summed E-state index contributed by atoms with van der Waals surface area (Å²) in [5.41, 5.74) is 5.57. The van der Waals surface area contributed by atoms with Crippen LogP contribution >= 0.6 is 12.2 Å². The van der Waals surface area contributed by atoms with E-state index in [-0.39, 0.29) is 16.5 Å². The van der Waals surface area contributed by atoms with Crippen molar-refractivity contribution in [2.24, 2.45) is 11.7 Å². The standard InChI is InChI=1S/C24H35N3O4S/c1-8-9-12-30-19-18-13-16(20(25)32)10-11-17(18)22(28)27(14-15(2)3)21(19)26(7)23(29)31-24(4,5)6/h10-11,13,15H,8-9,12,14H2,1-7H3,(H2,25,32). The number of carbonyl (C=O) groups is 1. The summed E-state index contributed by atoms with van der Waals surface area (Å²) in [6, 6.07) is 5.21. The Balaban J connectivity index is 2.88. The number of pyridine rings is 1. The van der Waals surface area contributed by atoms with Gasteiger partial charge in [0, 0.05) is 24.5 Å². The highest BCUT2D eigenvalue weighted by molar-refractivity contribution is 7.80. The quantitative estimate of drug-likeness (QED) is 0.447. The number of thiocarbonyl (C=S) groups is 1. The summed E-state index contributed by atoms with van der Waals surface area (Å²) < 4.78 is 13.4. The molecule has 0 atom stereocenters. The minimum absolute atomic E-state index is 0.162. The molecule has 2 N–H and O–H groups in total. The molecule has 176 valence electrons. The maximum Gasteiger partial charge on any atom is 0.415 e. The summed E-state index contributed by atoms with van der Waals surface area (Å²) in [5, 5.41) is 1.06. The predicted molar refractivity (Wildman–Crippen MR) is 134 cm³/mol. The first-order valence-electron chi connectivity index (χ1n) is 11.0. The highest BCUT2D eigenvalue weighted by Gasteiger charge is 2.28. The van der Waals surface area contributed by atoms with Crippen molar-refractivity contribution in [3.63, 3.8) is 0 Å². The van der Waals surface area contributed by atoms with E-state index in [1.54, 1.807) is 50.6 Å². The summed E-state index contributed by atoms with van der Waals surface area (Å²) in [5.74, 6) is 0.970. The van der Waals surface area contributed by atoms with Crippen molar-refractivity contribution in [1.82, 2.24) is 4.57 Å². The SMILES string of the molecule is CCCCOc1c(N(C)C(=O)OC(C)(C)C)n(CC(C)C)c(=O)c2ccc(C(N)=S)cc12. The van der Waals surface area contributed by atoms with E-state index in [1.807, 2.05) is 13.8 Å². The lowest BCUT2D eigenvalue weighted by Gasteiger charge is -2.29. The number of ether oxygens (including phenoxy) is 2. The fraction of sp³-hybridized carbons (Fsp3) is 0.542. The Hall–Kier alpha value is -2.61. The average molecular weight is 462 g/mol. The Morgan fingerprint density at radius 1 is 1.25 bits per heavy atom. The van der Waals surface area contributed by atoms with Gasteiger partial charge in [0.15, 0.2) is 11.6 Å². The number of unbranched alkanes of at least 4 members (excludes halogenated alkanes) is 1. The number of rotatable bonds is 8. The Bertz CT molecular complexity index is 1050.